The monoisotopic (exact) mass is 438 g/mol. The van der Waals surface area contributed by atoms with Gasteiger partial charge in [0.25, 0.3) is 0 Å². The lowest BCUT2D eigenvalue weighted by atomic mass is 9.93. The first kappa shape index (κ1) is 22.2. The lowest BCUT2D eigenvalue weighted by Gasteiger charge is -2.18. The van der Waals surface area contributed by atoms with Gasteiger partial charge in [0, 0.05) is 11.3 Å². The Kier molecular flexibility index (Phi) is 5.72. The summed E-state index contributed by atoms with van der Waals surface area (Å²) in [5.74, 6) is -4.08. The molecule has 0 aliphatic heterocycles. The second kappa shape index (κ2) is 7.98. The molecule has 1 N–H and O–H groups in total. The van der Waals surface area contributed by atoms with Gasteiger partial charge in [0.1, 0.15) is 23.3 Å². The van der Waals surface area contributed by atoms with Crippen molar-refractivity contribution in [2.24, 2.45) is 0 Å². The van der Waals surface area contributed by atoms with E-state index in [-0.39, 0.29) is 36.3 Å². The number of amides is 1. The van der Waals surface area contributed by atoms with E-state index in [1.54, 1.807) is 6.07 Å². The first-order valence-electron chi connectivity index (χ1n) is 9.13. The molecule has 1 fully saturated rings. The normalized spacial score (nSPS) is 14.5. The van der Waals surface area contributed by atoms with Crippen LogP contribution in [0.5, 0.6) is 0 Å². The molecule has 1 aliphatic carbocycles. The van der Waals surface area contributed by atoms with Crippen LogP contribution >= 0.6 is 0 Å². The van der Waals surface area contributed by atoms with Crippen LogP contribution in [0.2, 0.25) is 0 Å². The van der Waals surface area contributed by atoms with Gasteiger partial charge in [-0.1, -0.05) is 6.07 Å². The number of anilines is 1. The number of benzene rings is 2. The number of hydrogen-bond donors (Lipinski definition) is 1. The average molecular weight is 438 g/mol. The van der Waals surface area contributed by atoms with E-state index in [1.165, 1.54) is 6.92 Å². The molecular formula is C21H15F5N2O3. The molecule has 1 amide bonds. The SMILES string of the molecule is CCOC(=O)c1c(F)cc(NC(=O)C2(c3ccc(C(F)(F)F)cc3F)CC2)cc1C#N. The Balaban J connectivity index is 1.89. The fourth-order valence-corrected chi connectivity index (χ4v) is 3.25. The lowest BCUT2D eigenvalue weighted by Crippen LogP contribution is -2.29. The van der Waals surface area contributed by atoms with E-state index in [1.807, 2.05) is 0 Å². The van der Waals surface area contributed by atoms with Gasteiger partial charge in [-0.15, -0.1) is 0 Å². The predicted octanol–water partition coefficient (Wildman–Crippen LogP) is 4.70. The summed E-state index contributed by atoms with van der Waals surface area (Å²) in [5, 5.41) is 11.6. The predicted molar refractivity (Wildman–Crippen MR) is 98.0 cm³/mol. The van der Waals surface area contributed by atoms with Crippen LogP contribution in [0.4, 0.5) is 27.6 Å². The van der Waals surface area contributed by atoms with E-state index >= 15 is 0 Å². The third kappa shape index (κ3) is 4.21. The Bertz CT molecular complexity index is 1100. The maximum atomic E-state index is 14.4. The summed E-state index contributed by atoms with van der Waals surface area (Å²) in [6.07, 6.45) is -4.38. The quantitative estimate of drug-likeness (QED) is 0.542. The van der Waals surface area contributed by atoms with Crippen LogP contribution in [-0.4, -0.2) is 18.5 Å². The highest BCUT2D eigenvalue weighted by Crippen LogP contribution is 2.50. The molecule has 2 aromatic rings. The number of rotatable bonds is 5. The Morgan fingerprint density at radius 2 is 1.84 bits per heavy atom. The average Bonchev–Trinajstić information content (AvgIpc) is 3.48. The smallest absolute Gasteiger partial charge is 0.416 e. The number of hydrogen-bond acceptors (Lipinski definition) is 4. The van der Waals surface area contributed by atoms with E-state index < -0.39 is 46.2 Å². The number of carbonyl (C=O) groups excluding carboxylic acids is 2. The highest BCUT2D eigenvalue weighted by molar-refractivity contribution is 6.02. The molecule has 2 aromatic carbocycles. The molecule has 0 radical (unpaired) electrons. The highest BCUT2D eigenvalue weighted by atomic mass is 19.4. The van der Waals surface area contributed by atoms with Gasteiger partial charge in [0.15, 0.2) is 0 Å². The van der Waals surface area contributed by atoms with Gasteiger partial charge in [-0.3, -0.25) is 4.79 Å². The van der Waals surface area contributed by atoms with Crippen molar-refractivity contribution in [3.63, 3.8) is 0 Å². The van der Waals surface area contributed by atoms with Crippen LogP contribution in [0, 0.1) is 23.0 Å². The van der Waals surface area contributed by atoms with Crippen LogP contribution in [0.15, 0.2) is 30.3 Å². The van der Waals surface area contributed by atoms with Crippen molar-refractivity contribution in [2.75, 3.05) is 11.9 Å². The molecule has 0 unspecified atom stereocenters. The molecule has 1 saturated carbocycles. The van der Waals surface area contributed by atoms with Crippen molar-refractivity contribution < 1.29 is 36.3 Å². The maximum absolute atomic E-state index is 14.4. The molecule has 3 rings (SSSR count). The van der Waals surface area contributed by atoms with Gasteiger partial charge >= 0.3 is 12.1 Å². The first-order valence-corrected chi connectivity index (χ1v) is 9.13. The zero-order valence-electron chi connectivity index (χ0n) is 16.1. The lowest BCUT2D eigenvalue weighted by molar-refractivity contribution is -0.137. The fraction of sp³-hybridized carbons (Fsp3) is 0.286. The topological polar surface area (TPSA) is 79.2 Å². The van der Waals surface area contributed by atoms with Crippen LogP contribution in [-0.2, 0) is 21.1 Å². The standard InChI is InChI=1S/C21H15F5N2O3/c1-2-31-18(29)17-11(10-27)7-13(9-16(17)23)28-19(30)20(5-6-20)14-4-3-12(8-15(14)22)21(24,25)26/h3-4,7-9H,2,5-6H2,1H3,(H,28,30). The molecule has 0 saturated heterocycles. The van der Waals surface area contributed by atoms with Gasteiger partial charge in [-0.25, -0.2) is 13.6 Å². The molecule has 5 nitrogen and oxygen atoms in total. The fourth-order valence-electron chi connectivity index (χ4n) is 3.25. The van der Waals surface area contributed by atoms with Gasteiger partial charge in [-0.05, 0) is 44.0 Å². The number of nitrogens with one attached hydrogen (secondary N) is 1. The number of esters is 1. The number of halogens is 5. The number of ether oxygens (including phenoxy) is 1. The van der Waals surface area contributed by atoms with E-state index in [4.69, 9.17) is 4.74 Å². The van der Waals surface area contributed by atoms with Crippen LogP contribution in [0.1, 0.15) is 46.8 Å². The van der Waals surface area contributed by atoms with Crippen molar-refractivity contribution in [3.05, 3.63) is 64.2 Å². The van der Waals surface area contributed by atoms with Gasteiger partial charge in [0.2, 0.25) is 5.91 Å². The molecule has 31 heavy (non-hydrogen) atoms. The molecule has 0 spiro atoms. The maximum Gasteiger partial charge on any atom is 0.416 e. The zero-order valence-corrected chi connectivity index (χ0v) is 16.1. The summed E-state index contributed by atoms with van der Waals surface area (Å²) < 4.78 is 71.8. The van der Waals surface area contributed by atoms with Crippen molar-refractivity contribution in [1.29, 1.82) is 5.26 Å². The second-order valence-corrected chi connectivity index (χ2v) is 6.94. The van der Waals surface area contributed by atoms with Gasteiger partial charge in [0.05, 0.1) is 23.1 Å². The van der Waals surface area contributed by atoms with Crippen molar-refractivity contribution >= 4 is 17.6 Å². The highest BCUT2D eigenvalue weighted by Gasteiger charge is 2.53. The summed E-state index contributed by atoms with van der Waals surface area (Å²) >= 11 is 0. The minimum Gasteiger partial charge on any atom is -0.462 e. The minimum absolute atomic E-state index is 0.0388. The first-order chi connectivity index (χ1) is 14.5. The Morgan fingerprint density at radius 3 is 2.35 bits per heavy atom. The molecular weight excluding hydrogens is 423 g/mol. The Labute approximate surface area is 173 Å². The van der Waals surface area contributed by atoms with Crippen LogP contribution < -0.4 is 5.32 Å². The van der Waals surface area contributed by atoms with E-state index in [0.29, 0.717) is 12.1 Å². The van der Waals surface area contributed by atoms with E-state index in [2.05, 4.69) is 5.32 Å². The van der Waals surface area contributed by atoms with Crippen LogP contribution in [0.3, 0.4) is 0 Å². The molecule has 0 atom stereocenters. The molecule has 10 heteroatoms. The third-order valence-electron chi connectivity index (χ3n) is 4.94. The Hall–Kier alpha value is -3.48. The molecule has 0 aromatic heterocycles. The van der Waals surface area contributed by atoms with Gasteiger partial charge < -0.3 is 10.1 Å². The third-order valence-corrected chi connectivity index (χ3v) is 4.94. The molecule has 162 valence electrons. The molecule has 1 aliphatic rings. The summed E-state index contributed by atoms with van der Waals surface area (Å²) in [7, 11) is 0. The molecule has 0 heterocycles. The van der Waals surface area contributed by atoms with E-state index in [9.17, 15) is 36.8 Å². The summed E-state index contributed by atoms with van der Waals surface area (Å²) in [5.41, 5.74) is -3.92. The second-order valence-electron chi connectivity index (χ2n) is 6.94. The van der Waals surface area contributed by atoms with E-state index in [0.717, 1.165) is 18.2 Å². The summed E-state index contributed by atoms with van der Waals surface area (Å²) in [4.78, 5) is 24.6. The zero-order chi connectivity index (χ0) is 23.0. The number of carbonyl (C=O) groups is 2. The van der Waals surface area contributed by atoms with Gasteiger partial charge in [-0.2, -0.15) is 18.4 Å². The Morgan fingerprint density at radius 1 is 1.16 bits per heavy atom. The summed E-state index contributed by atoms with van der Waals surface area (Å²) in [6, 6.07) is 5.44. The van der Waals surface area contributed by atoms with Crippen molar-refractivity contribution in [3.8, 4) is 6.07 Å². The number of nitrogens with zero attached hydrogens (tertiary/aromatic N) is 1. The van der Waals surface area contributed by atoms with Crippen molar-refractivity contribution in [1.82, 2.24) is 0 Å². The molecule has 0 bridgehead atoms. The van der Waals surface area contributed by atoms with Crippen molar-refractivity contribution in [2.45, 2.75) is 31.4 Å². The number of alkyl halides is 3. The summed E-state index contributed by atoms with van der Waals surface area (Å²) in [6.45, 7) is 1.47. The number of nitriles is 1. The minimum atomic E-state index is -4.73. The van der Waals surface area contributed by atoms with Crippen LogP contribution in [0.25, 0.3) is 0 Å². The largest absolute Gasteiger partial charge is 0.462 e.